The van der Waals surface area contributed by atoms with E-state index in [1.807, 2.05) is 6.92 Å². The van der Waals surface area contributed by atoms with Crippen molar-refractivity contribution in [3.63, 3.8) is 0 Å². The number of aromatic nitrogens is 2. The molecule has 0 unspecified atom stereocenters. The zero-order chi connectivity index (χ0) is 18.9. The van der Waals surface area contributed by atoms with E-state index in [0.717, 1.165) is 19.3 Å². The van der Waals surface area contributed by atoms with Gasteiger partial charge in [0.1, 0.15) is 17.2 Å². The quantitative estimate of drug-likeness (QED) is 0.668. The maximum Gasteiger partial charge on any atom is 0.270 e. The number of nitrogens with one attached hydrogen (secondary N) is 2. The first-order chi connectivity index (χ1) is 12.6. The smallest absolute Gasteiger partial charge is 0.270 e. The average Bonchev–Trinajstić information content (AvgIpc) is 2.64. The van der Waals surface area contributed by atoms with E-state index in [2.05, 4.69) is 27.5 Å². The summed E-state index contributed by atoms with van der Waals surface area (Å²) in [5, 5.41) is 5.99. The van der Waals surface area contributed by atoms with Crippen LogP contribution in [-0.4, -0.2) is 36.6 Å². The normalized spacial score (nSPS) is 10.3. The van der Waals surface area contributed by atoms with Gasteiger partial charge in [0, 0.05) is 18.3 Å². The number of unbranched alkanes of at least 4 members (excludes halogenated alkanes) is 2. The molecule has 0 spiro atoms. The average molecular weight is 358 g/mol. The Kier molecular flexibility index (Phi) is 7.20. The van der Waals surface area contributed by atoms with E-state index < -0.39 is 0 Å². The topological polar surface area (TPSA) is 85.4 Å². The van der Waals surface area contributed by atoms with E-state index in [4.69, 9.17) is 9.47 Å². The molecule has 1 aromatic heterocycles. The molecule has 26 heavy (non-hydrogen) atoms. The highest BCUT2D eigenvalue weighted by atomic mass is 16.5. The number of hydrogen-bond acceptors (Lipinski definition) is 6. The van der Waals surface area contributed by atoms with Crippen LogP contribution in [0.15, 0.2) is 24.3 Å². The molecule has 0 radical (unpaired) electrons. The highest BCUT2D eigenvalue weighted by molar-refractivity contribution is 5.92. The monoisotopic (exact) mass is 358 g/mol. The van der Waals surface area contributed by atoms with E-state index in [1.54, 1.807) is 38.5 Å². The number of aryl methyl sites for hydroxylation is 1. The first kappa shape index (κ1) is 19.5. The maximum absolute atomic E-state index is 12.3. The lowest BCUT2D eigenvalue weighted by Crippen LogP contribution is -2.26. The van der Waals surface area contributed by atoms with E-state index in [-0.39, 0.29) is 5.91 Å². The Balaban J connectivity index is 2.18. The standard InChI is InChI=1S/C19H26N4O3/c1-5-6-7-10-20-18(24)16-11-13(2)21-19(23-16)22-15-12-14(25-3)8-9-17(15)26-4/h8-9,11-12H,5-7,10H2,1-4H3,(H,20,24)(H,21,22,23). The molecule has 1 aromatic carbocycles. The lowest BCUT2D eigenvalue weighted by molar-refractivity contribution is 0.0948. The largest absolute Gasteiger partial charge is 0.497 e. The Hall–Kier alpha value is -2.83. The second kappa shape index (κ2) is 9.60. The molecular weight excluding hydrogens is 332 g/mol. The third kappa shape index (κ3) is 5.34. The maximum atomic E-state index is 12.3. The summed E-state index contributed by atoms with van der Waals surface area (Å²) < 4.78 is 10.6. The Morgan fingerprint density at radius 2 is 1.92 bits per heavy atom. The number of methoxy groups -OCH3 is 2. The lowest BCUT2D eigenvalue weighted by Gasteiger charge is -2.13. The van der Waals surface area contributed by atoms with Gasteiger partial charge in [-0.3, -0.25) is 4.79 Å². The van der Waals surface area contributed by atoms with Crippen LogP contribution in [0.5, 0.6) is 11.5 Å². The van der Waals surface area contributed by atoms with E-state index in [1.165, 1.54) is 0 Å². The van der Waals surface area contributed by atoms with Gasteiger partial charge in [-0.05, 0) is 31.5 Å². The molecule has 0 atom stereocenters. The summed E-state index contributed by atoms with van der Waals surface area (Å²) in [5.41, 5.74) is 1.69. The first-order valence-electron chi connectivity index (χ1n) is 8.70. The summed E-state index contributed by atoms with van der Waals surface area (Å²) in [7, 11) is 3.18. The van der Waals surface area contributed by atoms with Gasteiger partial charge in [-0.15, -0.1) is 0 Å². The number of benzene rings is 1. The zero-order valence-corrected chi connectivity index (χ0v) is 15.8. The van der Waals surface area contributed by atoms with Gasteiger partial charge in [0.25, 0.3) is 5.91 Å². The number of amides is 1. The first-order valence-corrected chi connectivity index (χ1v) is 8.70. The molecule has 2 rings (SSSR count). The van der Waals surface area contributed by atoms with Crippen LogP contribution in [0, 0.1) is 6.92 Å². The molecule has 0 aliphatic heterocycles. The lowest BCUT2D eigenvalue weighted by atomic mass is 10.2. The number of hydrogen-bond donors (Lipinski definition) is 2. The van der Waals surface area contributed by atoms with Gasteiger partial charge in [0.05, 0.1) is 19.9 Å². The fourth-order valence-electron chi connectivity index (χ4n) is 2.44. The van der Waals surface area contributed by atoms with Gasteiger partial charge < -0.3 is 20.1 Å². The number of carbonyl (C=O) groups excluding carboxylic acids is 1. The third-order valence-corrected chi connectivity index (χ3v) is 3.81. The molecule has 7 heteroatoms. The summed E-state index contributed by atoms with van der Waals surface area (Å²) in [6.45, 7) is 4.59. The fourth-order valence-corrected chi connectivity index (χ4v) is 2.44. The van der Waals surface area contributed by atoms with Crippen LogP contribution in [0.1, 0.15) is 42.4 Å². The van der Waals surface area contributed by atoms with Crippen molar-refractivity contribution in [1.29, 1.82) is 0 Å². The van der Waals surface area contributed by atoms with Crippen molar-refractivity contribution in [2.24, 2.45) is 0 Å². The van der Waals surface area contributed by atoms with E-state index in [0.29, 0.717) is 41.1 Å². The Morgan fingerprint density at radius 3 is 2.62 bits per heavy atom. The molecule has 0 bridgehead atoms. The predicted octanol–water partition coefficient (Wildman–Crippen LogP) is 3.47. The molecule has 0 saturated heterocycles. The number of ether oxygens (including phenoxy) is 2. The third-order valence-electron chi connectivity index (χ3n) is 3.81. The van der Waals surface area contributed by atoms with Crippen molar-refractivity contribution < 1.29 is 14.3 Å². The van der Waals surface area contributed by atoms with Crippen LogP contribution < -0.4 is 20.1 Å². The minimum atomic E-state index is -0.202. The zero-order valence-electron chi connectivity index (χ0n) is 15.8. The van der Waals surface area contributed by atoms with Crippen molar-refractivity contribution in [3.05, 3.63) is 35.7 Å². The SMILES string of the molecule is CCCCCNC(=O)c1cc(C)nc(Nc2cc(OC)ccc2OC)n1. The molecule has 0 fully saturated rings. The van der Waals surface area contributed by atoms with Crippen molar-refractivity contribution in [2.75, 3.05) is 26.1 Å². The Labute approximate surface area is 154 Å². The van der Waals surface area contributed by atoms with Crippen LogP contribution in [0.4, 0.5) is 11.6 Å². The van der Waals surface area contributed by atoms with Gasteiger partial charge in [0.2, 0.25) is 5.95 Å². The molecule has 1 amide bonds. The number of anilines is 2. The molecule has 0 aliphatic rings. The fraction of sp³-hybridized carbons (Fsp3) is 0.421. The molecule has 1 heterocycles. The van der Waals surface area contributed by atoms with Crippen molar-refractivity contribution >= 4 is 17.5 Å². The molecule has 0 saturated carbocycles. The van der Waals surface area contributed by atoms with Gasteiger partial charge in [0.15, 0.2) is 0 Å². The second-order valence-corrected chi connectivity index (χ2v) is 5.87. The van der Waals surface area contributed by atoms with E-state index >= 15 is 0 Å². The molecule has 2 N–H and O–H groups in total. The summed E-state index contributed by atoms with van der Waals surface area (Å²) >= 11 is 0. The number of rotatable bonds is 9. The van der Waals surface area contributed by atoms with Crippen molar-refractivity contribution in [3.8, 4) is 11.5 Å². The van der Waals surface area contributed by atoms with E-state index in [9.17, 15) is 4.79 Å². The van der Waals surface area contributed by atoms with Gasteiger partial charge >= 0.3 is 0 Å². The van der Waals surface area contributed by atoms with Crippen LogP contribution in [0.25, 0.3) is 0 Å². The van der Waals surface area contributed by atoms with Crippen LogP contribution in [0.2, 0.25) is 0 Å². The van der Waals surface area contributed by atoms with Crippen molar-refractivity contribution in [2.45, 2.75) is 33.1 Å². The summed E-state index contributed by atoms with van der Waals surface area (Å²) in [5.74, 6) is 1.43. The second-order valence-electron chi connectivity index (χ2n) is 5.87. The van der Waals surface area contributed by atoms with Crippen LogP contribution >= 0.6 is 0 Å². The highest BCUT2D eigenvalue weighted by Gasteiger charge is 2.12. The van der Waals surface area contributed by atoms with Crippen LogP contribution in [-0.2, 0) is 0 Å². The Bertz CT molecular complexity index is 750. The van der Waals surface area contributed by atoms with Crippen molar-refractivity contribution in [1.82, 2.24) is 15.3 Å². The molecule has 0 aliphatic carbocycles. The van der Waals surface area contributed by atoms with Gasteiger partial charge in [-0.2, -0.15) is 0 Å². The van der Waals surface area contributed by atoms with Gasteiger partial charge in [-0.1, -0.05) is 19.8 Å². The Morgan fingerprint density at radius 1 is 1.12 bits per heavy atom. The summed E-state index contributed by atoms with van der Waals surface area (Å²) in [4.78, 5) is 21.0. The molecule has 7 nitrogen and oxygen atoms in total. The highest BCUT2D eigenvalue weighted by Crippen LogP contribution is 2.30. The predicted molar refractivity (Wildman–Crippen MR) is 101 cm³/mol. The van der Waals surface area contributed by atoms with Gasteiger partial charge in [-0.25, -0.2) is 9.97 Å². The minimum absolute atomic E-state index is 0.202. The number of nitrogens with zero attached hydrogens (tertiary/aromatic N) is 2. The summed E-state index contributed by atoms with van der Waals surface area (Å²) in [6, 6.07) is 7.05. The summed E-state index contributed by atoms with van der Waals surface area (Å²) in [6.07, 6.45) is 3.16. The molecule has 140 valence electrons. The minimum Gasteiger partial charge on any atom is -0.497 e. The number of carbonyl (C=O) groups is 1. The van der Waals surface area contributed by atoms with Crippen LogP contribution in [0.3, 0.4) is 0 Å². The molecule has 2 aromatic rings. The molecular formula is C19H26N4O3.